The van der Waals surface area contributed by atoms with Gasteiger partial charge in [0.05, 0.1) is 5.56 Å². The molecule has 0 saturated carbocycles. The molecule has 168 valence electrons. The number of carbonyl (C=O) groups is 2. The van der Waals surface area contributed by atoms with Gasteiger partial charge in [-0.25, -0.2) is 8.42 Å². The van der Waals surface area contributed by atoms with E-state index in [1.807, 2.05) is 0 Å². The predicted octanol–water partition coefficient (Wildman–Crippen LogP) is 3.18. The minimum Gasteiger partial charge on any atom is -0.412 e. The number of hydrogen-bond donors (Lipinski definition) is 2. The first-order valence-electron chi connectivity index (χ1n) is 9.94. The van der Waals surface area contributed by atoms with Gasteiger partial charge in [0.15, 0.2) is 0 Å². The molecule has 3 aromatic rings. The summed E-state index contributed by atoms with van der Waals surface area (Å²) >= 11 is 0.997. The average Bonchev–Trinajstić information content (AvgIpc) is 3.45. The number of hydrogen-bond acceptors (Lipinski definition) is 8. The summed E-state index contributed by atoms with van der Waals surface area (Å²) in [5.74, 6) is -0.542. The second kappa shape index (κ2) is 9.09. The highest BCUT2D eigenvalue weighted by molar-refractivity contribution is 7.94. The fourth-order valence-electron chi connectivity index (χ4n) is 3.26. The third kappa shape index (κ3) is 4.97. The van der Waals surface area contributed by atoms with E-state index < -0.39 is 10.0 Å². The van der Waals surface area contributed by atoms with Gasteiger partial charge in [0, 0.05) is 36.8 Å². The Morgan fingerprint density at radius 2 is 1.75 bits per heavy atom. The molecular weight excluding hydrogens is 454 g/mol. The smallest absolute Gasteiger partial charge is 0.311 e. The molecule has 1 aromatic carbocycles. The standard InChI is InChI=1S/C20H21N5O5S2/c1-13(26)21-15-5-7-16(8-6-15)24-32(28,29)17-11-14(12-31-17)18-22-23-19(30-18)20(27)25-9-3-2-4-10-25/h5-8,11-12,24H,2-4,9-10H2,1H3,(H,21,26). The maximum Gasteiger partial charge on any atom is 0.311 e. The van der Waals surface area contributed by atoms with Gasteiger partial charge in [-0.15, -0.1) is 21.5 Å². The Labute approximate surface area is 188 Å². The lowest BCUT2D eigenvalue weighted by Crippen LogP contribution is -2.35. The van der Waals surface area contributed by atoms with Crippen molar-refractivity contribution >= 4 is 44.5 Å². The van der Waals surface area contributed by atoms with Crippen LogP contribution in [0.4, 0.5) is 11.4 Å². The van der Waals surface area contributed by atoms with Gasteiger partial charge in [0.1, 0.15) is 4.21 Å². The maximum atomic E-state index is 12.7. The number of sulfonamides is 1. The van der Waals surface area contributed by atoms with Crippen molar-refractivity contribution in [2.45, 2.75) is 30.4 Å². The second-order valence-electron chi connectivity index (χ2n) is 7.28. The van der Waals surface area contributed by atoms with E-state index in [-0.39, 0.29) is 27.8 Å². The van der Waals surface area contributed by atoms with Crippen LogP contribution in [0.5, 0.6) is 0 Å². The van der Waals surface area contributed by atoms with E-state index >= 15 is 0 Å². The molecule has 0 bridgehead atoms. The SMILES string of the molecule is CC(=O)Nc1ccc(NS(=O)(=O)c2cc(-c3nnc(C(=O)N4CCCCC4)o3)cs2)cc1. The van der Waals surface area contributed by atoms with Gasteiger partial charge < -0.3 is 14.6 Å². The number of carbonyl (C=O) groups excluding carboxylic acids is 2. The van der Waals surface area contributed by atoms with E-state index in [1.54, 1.807) is 34.5 Å². The molecule has 1 aliphatic heterocycles. The first-order chi connectivity index (χ1) is 15.3. The lowest BCUT2D eigenvalue weighted by Gasteiger charge is -2.24. The van der Waals surface area contributed by atoms with Gasteiger partial charge >= 0.3 is 11.8 Å². The minimum atomic E-state index is -3.85. The number of nitrogens with one attached hydrogen (secondary N) is 2. The van der Waals surface area contributed by atoms with Gasteiger partial charge in [-0.3, -0.25) is 14.3 Å². The Morgan fingerprint density at radius 3 is 2.44 bits per heavy atom. The molecule has 0 aliphatic carbocycles. The first-order valence-corrected chi connectivity index (χ1v) is 12.3. The number of likely N-dealkylation sites (tertiary alicyclic amines) is 1. The van der Waals surface area contributed by atoms with Crippen LogP contribution in [0.3, 0.4) is 0 Å². The van der Waals surface area contributed by atoms with Crippen LogP contribution < -0.4 is 10.0 Å². The van der Waals surface area contributed by atoms with Crippen molar-refractivity contribution < 1.29 is 22.4 Å². The van der Waals surface area contributed by atoms with Gasteiger partial charge in [0.2, 0.25) is 11.8 Å². The van der Waals surface area contributed by atoms with Crippen molar-refractivity contribution in [2.75, 3.05) is 23.1 Å². The minimum absolute atomic E-state index is 0.0561. The molecule has 2 aromatic heterocycles. The maximum absolute atomic E-state index is 12.7. The monoisotopic (exact) mass is 475 g/mol. The van der Waals surface area contributed by atoms with Gasteiger partial charge in [-0.2, -0.15) is 0 Å². The summed E-state index contributed by atoms with van der Waals surface area (Å²) in [6.07, 6.45) is 2.99. The molecule has 3 heterocycles. The van der Waals surface area contributed by atoms with Crippen LogP contribution in [0.15, 0.2) is 44.3 Å². The third-order valence-corrected chi connectivity index (χ3v) is 7.62. The molecule has 1 aliphatic rings. The van der Waals surface area contributed by atoms with Crippen molar-refractivity contribution in [1.29, 1.82) is 0 Å². The molecule has 2 N–H and O–H groups in total. The molecule has 12 heteroatoms. The molecule has 2 amide bonds. The highest BCUT2D eigenvalue weighted by atomic mass is 32.2. The van der Waals surface area contributed by atoms with Crippen LogP contribution in [-0.4, -0.2) is 48.4 Å². The van der Waals surface area contributed by atoms with Crippen LogP contribution in [0.2, 0.25) is 0 Å². The lowest BCUT2D eigenvalue weighted by molar-refractivity contribution is -0.114. The zero-order valence-electron chi connectivity index (χ0n) is 17.2. The number of benzene rings is 1. The molecule has 10 nitrogen and oxygen atoms in total. The normalized spacial score (nSPS) is 14.2. The molecular formula is C20H21N5O5S2. The molecule has 1 fully saturated rings. The Hall–Kier alpha value is -3.25. The van der Waals surface area contributed by atoms with Gasteiger partial charge in [0.25, 0.3) is 10.0 Å². The first kappa shape index (κ1) is 22.0. The summed E-state index contributed by atoms with van der Waals surface area (Å²) in [5, 5.41) is 11.9. The number of anilines is 2. The van der Waals surface area contributed by atoms with Crippen molar-refractivity contribution in [1.82, 2.24) is 15.1 Å². The highest BCUT2D eigenvalue weighted by Gasteiger charge is 2.25. The van der Waals surface area contributed by atoms with E-state index in [1.165, 1.54) is 13.0 Å². The van der Waals surface area contributed by atoms with Crippen LogP contribution >= 0.6 is 11.3 Å². The molecule has 0 atom stereocenters. The zero-order chi connectivity index (χ0) is 22.7. The number of amides is 2. The van der Waals surface area contributed by atoms with E-state index in [2.05, 4.69) is 20.2 Å². The molecule has 1 saturated heterocycles. The number of thiophene rings is 1. The molecule has 0 radical (unpaired) electrons. The topological polar surface area (TPSA) is 134 Å². The second-order valence-corrected chi connectivity index (χ2v) is 10.1. The summed E-state index contributed by atoms with van der Waals surface area (Å²) in [4.78, 5) is 25.3. The molecule has 4 rings (SSSR count). The fourth-order valence-corrected chi connectivity index (χ4v) is 5.47. The highest BCUT2D eigenvalue weighted by Crippen LogP contribution is 2.29. The number of rotatable bonds is 6. The Balaban J connectivity index is 1.46. The van der Waals surface area contributed by atoms with Crippen molar-refractivity contribution in [2.24, 2.45) is 0 Å². The summed E-state index contributed by atoms with van der Waals surface area (Å²) in [5.41, 5.74) is 1.33. The predicted molar refractivity (Wildman–Crippen MR) is 119 cm³/mol. The number of piperidine rings is 1. The quantitative estimate of drug-likeness (QED) is 0.559. The number of aromatic nitrogens is 2. The third-order valence-electron chi connectivity index (χ3n) is 4.80. The molecule has 0 spiro atoms. The van der Waals surface area contributed by atoms with E-state index in [4.69, 9.17) is 4.42 Å². The van der Waals surface area contributed by atoms with Crippen molar-refractivity contribution in [3.05, 3.63) is 41.6 Å². The Bertz CT molecular complexity index is 1230. The van der Waals surface area contributed by atoms with Crippen LogP contribution in [-0.2, 0) is 14.8 Å². The molecule has 0 unspecified atom stereocenters. The van der Waals surface area contributed by atoms with E-state index in [0.29, 0.717) is 30.0 Å². The largest absolute Gasteiger partial charge is 0.412 e. The van der Waals surface area contributed by atoms with Crippen LogP contribution in [0.25, 0.3) is 11.5 Å². The fraction of sp³-hybridized carbons (Fsp3) is 0.300. The zero-order valence-corrected chi connectivity index (χ0v) is 18.8. The Morgan fingerprint density at radius 1 is 1.06 bits per heavy atom. The summed E-state index contributed by atoms with van der Waals surface area (Å²) in [6, 6.07) is 7.71. The lowest BCUT2D eigenvalue weighted by atomic mass is 10.1. The van der Waals surface area contributed by atoms with Crippen LogP contribution in [0, 0.1) is 0 Å². The van der Waals surface area contributed by atoms with Crippen molar-refractivity contribution in [3.63, 3.8) is 0 Å². The summed E-state index contributed by atoms with van der Waals surface area (Å²) in [6.45, 7) is 2.71. The summed E-state index contributed by atoms with van der Waals surface area (Å²) < 4.78 is 33.5. The van der Waals surface area contributed by atoms with E-state index in [9.17, 15) is 18.0 Å². The van der Waals surface area contributed by atoms with E-state index in [0.717, 1.165) is 30.6 Å². The Kier molecular flexibility index (Phi) is 6.24. The summed E-state index contributed by atoms with van der Waals surface area (Å²) in [7, 11) is -3.85. The van der Waals surface area contributed by atoms with Crippen LogP contribution in [0.1, 0.15) is 36.9 Å². The van der Waals surface area contributed by atoms with Gasteiger partial charge in [-0.05, 0) is 49.6 Å². The van der Waals surface area contributed by atoms with Gasteiger partial charge in [-0.1, -0.05) is 0 Å². The molecule has 32 heavy (non-hydrogen) atoms. The number of nitrogens with zero attached hydrogens (tertiary/aromatic N) is 3. The average molecular weight is 476 g/mol. The van der Waals surface area contributed by atoms with Crippen molar-refractivity contribution in [3.8, 4) is 11.5 Å².